The molecule has 5 nitrogen and oxygen atoms in total. The van der Waals surface area contributed by atoms with Gasteiger partial charge in [-0.05, 0) is 37.6 Å². The van der Waals surface area contributed by atoms with Crippen LogP contribution >= 0.6 is 11.3 Å². The smallest absolute Gasteiger partial charge is 0.185 e. The fraction of sp³-hybridized carbons (Fsp3) is 0.211. The minimum Gasteiger partial charge on any atom is -0.359 e. The van der Waals surface area contributed by atoms with E-state index in [1.54, 1.807) is 24.5 Å². The van der Waals surface area contributed by atoms with Gasteiger partial charge in [0.25, 0.3) is 0 Å². The second-order valence-corrected chi connectivity index (χ2v) is 7.08. The highest BCUT2D eigenvalue weighted by Gasteiger charge is 2.16. The Kier molecular flexibility index (Phi) is 4.38. The molecule has 2 N–H and O–H groups in total. The molecule has 132 valence electrons. The van der Waals surface area contributed by atoms with Crippen molar-refractivity contribution in [3.63, 3.8) is 0 Å². The fourth-order valence-electron chi connectivity index (χ4n) is 2.68. The number of aromatic amines is 1. The summed E-state index contributed by atoms with van der Waals surface area (Å²) in [5.41, 5.74) is 3.26. The molecule has 1 aromatic carbocycles. The van der Waals surface area contributed by atoms with E-state index in [0.717, 1.165) is 21.9 Å². The van der Waals surface area contributed by atoms with Gasteiger partial charge in [0.15, 0.2) is 5.13 Å². The van der Waals surface area contributed by atoms with Crippen LogP contribution in [0.25, 0.3) is 33.0 Å². The fourth-order valence-corrected chi connectivity index (χ4v) is 3.63. The lowest BCUT2D eigenvalue weighted by Crippen LogP contribution is -2.12. The molecule has 0 aliphatic carbocycles. The third-order valence-corrected chi connectivity index (χ3v) is 5.16. The van der Waals surface area contributed by atoms with E-state index in [2.05, 4.69) is 34.1 Å². The molecule has 0 bridgehead atoms. The number of hydrogen-bond acceptors (Lipinski definition) is 5. The van der Waals surface area contributed by atoms with Crippen LogP contribution in [0.15, 0.2) is 42.7 Å². The normalized spacial score (nSPS) is 12.4. The number of hydrogen-bond donors (Lipinski definition) is 2. The summed E-state index contributed by atoms with van der Waals surface area (Å²) in [5, 5.41) is 4.24. The van der Waals surface area contributed by atoms with Crippen LogP contribution < -0.4 is 5.32 Å². The van der Waals surface area contributed by atoms with Crippen molar-refractivity contribution in [3.05, 3.63) is 48.5 Å². The van der Waals surface area contributed by atoms with E-state index in [1.165, 1.54) is 17.4 Å². The van der Waals surface area contributed by atoms with E-state index in [0.29, 0.717) is 28.7 Å². The summed E-state index contributed by atoms with van der Waals surface area (Å²) >= 11 is 1.52. The zero-order chi connectivity index (χ0) is 18.1. The van der Waals surface area contributed by atoms with Crippen LogP contribution in [0.2, 0.25) is 0 Å². The quantitative estimate of drug-likeness (QED) is 0.515. The molecule has 0 aliphatic heterocycles. The Balaban J connectivity index is 1.74. The topological polar surface area (TPSA) is 66.5 Å². The van der Waals surface area contributed by atoms with Crippen LogP contribution in [0, 0.1) is 5.82 Å². The number of aromatic nitrogens is 4. The summed E-state index contributed by atoms with van der Waals surface area (Å²) in [4.78, 5) is 17.5. The van der Waals surface area contributed by atoms with Gasteiger partial charge in [0.2, 0.25) is 0 Å². The van der Waals surface area contributed by atoms with E-state index in [9.17, 15) is 4.39 Å². The van der Waals surface area contributed by atoms with Crippen molar-refractivity contribution in [3.8, 4) is 22.6 Å². The molecule has 26 heavy (non-hydrogen) atoms. The average molecular weight is 367 g/mol. The SMILES string of the molecule is CCC(C)Nc1nc2ccc(-c3[nH]cnc3-c3ccccc3F)nc2s1. The van der Waals surface area contributed by atoms with Gasteiger partial charge in [-0.1, -0.05) is 30.4 Å². The van der Waals surface area contributed by atoms with Gasteiger partial charge in [0.05, 0.1) is 17.7 Å². The Hall–Kier alpha value is -2.80. The van der Waals surface area contributed by atoms with Gasteiger partial charge in [-0.15, -0.1) is 0 Å². The van der Waals surface area contributed by atoms with Gasteiger partial charge in [-0.25, -0.2) is 19.3 Å². The lowest BCUT2D eigenvalue weighted by atomic mass is 10.1. The highest BCUT2D eigenvalue weighted by Crippen LogP contribution is 2.32. The van der Waals surface area contributed by atoms with Crippen LogP contribution in [0.4, 0.5) is 9.52 Å². The van der Waals surface area contributed by atoms with Gasteiger partial charge < -0.3 is 10.3 Å². The van der Waals surface area contributed by atoms with Gasteiger partial charge in [0.1, 0.15) is 21.9 Å². The Morgan fingerprint density at radius 2 is 2.04 bits per heavy atom. The number of pyridine rings is 1. The van der Waals surface area contributed by atoms with E-state index < -0.39 is 0 Å². The maximum Gasteiger partial charge on any atom is 0.185 e. The highest BCUT2D eigenvalue weighted by atomic mass is 32.1. The van der Waals surface area contributed by atoms with Crippen molar-refractivity contribution in [2.24, 2.45) is 0 Å². The molecule has 4 aromatic rings. The molecule has 0 amide bonds. The summed E-state index contributed by atoms with van der Waals surface area (Å²) in [6.45, 7) is 4.25. The maximum absolute atomic E-state index is 14.2. The van der Waals surface area contributed by atoms with Crippen molar-refractivity contribution in [2.45, 2.75) is 26.3 Å². The second-order valence-electron chi connectivity index (χ2n) is 6.10. The molecule has 0 saturated heterocycles. The summed E-state index contributed by atoms with van der Waals surface area (Å²) in [7, 11) is 0. The lowest BCUT2D eigenvalue weighted by molar-refractivity contribution is 0.631. The van der Waals surface area contributed by atoms with Crippen molar-refractivity contribution in [1.82, 2.24) is 19.9 Å². The maximum atomic E-state index is 14.2. The Labute approximate surface area is 154 Å². The summed E-state index contributed by atoms with van der Waals surface area (Å²) in [5.74, 6) is -0.306. The number of imidazole rings is 1. The zero-order valence-electron chi connectivity index (χ0n) is 14.5. The number of rotatable bonds is 5. The minimum absolute atomic E-state index is 0.306. The first-order valence-electron chi connectivity index (χ1n) is 8.48. The third kappa shape index (κ3) is 3.06. The summed E-state index contributed by atoms with van der Waals surface area (Å²) < 4.78 is 14.2. The van der Waals surface area contributed by atoms with E-state index >= 15 is 0 Å². The van der Waals surface area contributed by atoms with Crippen molar-refractivity contribution < 1.29 is 4.39 Å². The Bertz CT molecular complexity index is 1050. The van der Waals surface area contributed by atoms with Crippen LogP contribution in [-0.2, 0) is 0 Å². The molecule has 0 radical (unpaired) electrons. The molecule has 0 aliphatic rings. The number of halogens is 1. The van der Waals surface area contributed by atoms with Crippen molar-refractivity contribution >= 4 is 26.8 Å². The standard InChI is InChI=1S/C19H18FN5S/c1-3-11(2)23-19-25-15-9-8-14(24-18(15)26-19)17-16(21-10-22-17)12-6-4-5-7-13(12)20/h4-11H,3H2,1-2H3,(H,21,22)(H,23,25). The number of fused-ring (bicyclic) bond motifs is 1. The molecular formula is C19H18FN5S. The van der Waals surface area contributed by atoms with E-state index in [4.69, 9.17) is 4.98 Å². The second kappa shape index (κ2) is 6.84. The number of H-pyrrole nitrogens is 1. The van der Waals surface area contributed by atoms with Crippen LogP contribution in [0.5, 0.6) is 0 Å². The van der Waals surface area contributed by atoms with E-state index in [-0.39, 0.29) is 5.82 Å². The number of thiazole rings is 1. The molecule has 7 heteroatoms. The van der Waals surface area contributed by atoms with Gasteiger partial charge in [0, 0.05) is 11.6 Å². The van der Waals surface area contributed by atoms with Crippen LogP contribution in [0.3, 0.4) is 0 Å². The third-order valence-electron chi connectivity index (χ3n) is 4.26. The molecule has 1 atom stereocenters. The molecule has 0 fully saturated rings. The van der Waals surface area contributed by atoms with E-state index in [1.807, 2.05) is 12.1 Å². The van der Waals surface area contributed by atoms with Crippen molar-refractivity contribution in [2.75, 3.05) is 5.32 Å². The first-order valence-corrected chi connectivity index (χ1v) is 9.30. The predicted molar refractivity (Wildman–Crippen MR) is 104 cm³/mol. The number of nitrogens with zero attached hydrogens (tertiary/aromatic N) is 3. The average Bonchev–Trinajstić information content (AvgIpc) is 3.27. The molecule has 3 heterocycles. The first kappa shape index (κ1) is 16.7. The number of nitrogens with one attached hydrogen (secondary N) is 2. The number of anilines is 1. The van der Waals surface area contributed by atoms with Crippen molar-refractivity contribution in [1.29, 1.82) is 0 Å². The summed E-state index contributed by atoms with van der Waals surface area (Å²) in [6.07, 6.45) is 2.58. The first-order chi connectivity index (χ1) is 12.7. The summed E-state index contributed by atoms with van der Waals surface area (Å²) in [6, 6.07) is 10.8. The lowest BCUT2D eigenvalue weighted by Gasteiger charge is -2.08. The molecule has 1 unspecified atom stereocenters. The van der Waals surface area contributed by atoms with Gasteiger partial charge in [-0.3, -0.25) is 0 Å². The van der Waals surface area contributed by atoms with Crippen LogP contribution in [0.1, 0.15) is 20.3 Å². The minimum atomic E-state index is -0.306. The van der Waals surface area contributed by atoms with Gasteiger partial charge in [-0.2, -0.15) is 0 Å². The highest BCUT2D eigenvalue weighted by molar-refractivity contribution is 7.21. The molecule has 3 aromatic heterocycles. The molecule has 0 spiro atoms. The predicted octanol–water partition coefficient (Wildman–Crippen LogP) is 5.10. The Morgan fingerprint density at radius 1 is 1.19 bits per heavy atom. The zero-order valence-corrected chi connectivity index (χ0v) is 15.3. The molecule has 0 saturated carbocycles. The Morgan fingerprint density at radius 3 is 2.85 bits per heavy atom. The van der Waals surface area contributed by atoms with Gasteiger partial charge >= 0.3 is 0 Å². The monoisotopic (exact) mass is 367 g/mol. The molecular weight excluding hydrogens is 349 g/mol. The molecule has 4 rings (SSSR count). The number of benzene rings is 1. The van der Waals surface area contributed by atoms with Crippen LogP contribution in [-0.4, -0.2) is 26.0 Å². The largest absolute Gasteiger partial charge is 0.359 e.